The highest BCUT2D eigenvalue weighted by molar-refractivity contribution is 5.69. The Bertz CT molecular complexity index is 166. The molecule has 82 valence electrons. The predicted octanol–water partition coefficient (Wildman–Crippen LogP) is 0.533. The monoisotopic (exact) mass is 204 g/mol. The van der Waals surface area contributed by atoms with E-state index in [1.807, 2.05) is 0 Å². The van der Waals surface area contributed by atoms with Gasteiger partial charge in [-0.25, -0.2) is 0 Å². The largest absolute Gasteiger partial charge is 0.410 e. The summed E-state index contributed by atoms with van der Waals surface area (Å²) in [6.45, 7) is 0.472. The number of rotatable bonds is 5. The predicted molar refractivity (Wildman–Crippen MR) is 47.4 cm³/mol. The summed E-state index contributed by atoms with van der Waals surface area (Å²) in [4.78, 5) is 11.3. The van der Waals surface area contributed by atoms with Gasteiger partial charge >= 0.3 is 12.4 Å². The molecular formula is C9H16O5. The molecule has 1 aliphatic rings. The third-order valence-electron chi connectivity index (χ3n) is 2.09. The summed E-state index contributed by atoms with van der Waals surface area (Å²) < 4.78 is 19.5. The average molecular weight is 204 g/mol. The molecule has 0 radical (unpaired) electrons. The zero-order chi connectivity index (χ0) is 10.4. The van der Waals surface area contributed by atoms with Crippen LogP contribution in [0.25, 0.3) is 0 Å². The number of methoxy groups -OCH3 is 2. The van der Waals surface area contributed by atoms with Gasteiger partial charge in [0, 0.05) is 20.8 Å². The molecule has 5 nitrogen and oxygen atoms in total. The van der Waals surface area contributed by atoms with Crippen LogP contribution >= 0.6 is 0 Å². The molecule has 1 rings (SSSR count). The Labute approximate surface area is 83.3 Å². The van der Waals surface area contributed by atoms with Crippen molar-refractivity contribution in [2.45, 2.75) is 19.3 Å². The highest BCUT2D eigenvalue weighted by Gasteiger charge is 2.21. The molecule has 14 heavy (non-hydrogen) atoms. The van der Waals surface area contributed by atoms with Crippen molar-refractivity contribution in [3.05, 3.63) is 0 Å². The molecule has 1 atom stereocenters. The molecular weight excluding hydrogens is 188 g/mol. The molecule has 0 aliphatic carbocycles. The second-order valence-electron chi connectivity index (χ2n) is 3.18. The van der Waals surface area contributed by atoms with E-state index in [1.54, 1.807) is 0 Å². The molecule has 5 heteroatoms. The van der Waals surface area contributed by atoms with E-state index < -0.39 is 6.48 Å². The molecule has 1 heterocycles. The summed E-state index contributed by atoms with van der Waals surface area (Å²) in [6, 6.07) is 0. The minimum Gasteiger partial charge on any atom is -0.410 e. The van der Waals surface area contributed by atoms with Crippen molar-refractivity contribution in [3.8, 4) is 0 Å². The fourth-order valence-corrected chi connectivity index (χ4v) is 1.33. The number of esters is 1. The number of hydrogen-bond acceptors (Lipinski definition) is 5. The number of ether oxygens (including phenoxy) is 4. The van der Waals surface area contributed by atoms with Gasteiger partial charge in [-0.05, 0) is 12.3 Å². The Morgan fingerprint density at radius 1 is 1.50 bits per heavy atom. The first kappa shape index (κ1) is 11.4. The molecule has 0 aromatic rings. The molecule has 0 N–H and O–H groups in total. The molecule has 1 fully saturated rings. The first-order valence-corrected chi connectivity index (χ1v) is 4.59. The van der Waals surface area contributed by atoms with Gasteiger partial charge in [-0.3, -0.25) is 4.79 Å². The van der Waals surface area contributed by atoms with Crippen LogP contribution < -0.4 is 0 Å². The highest BCUT2D eigenvalue weighted by Crippen LogP contribution is 2.17. The maximum Gasteiger partial charge on any atom is 0.317 e. The van der Waals surface area contributed by atoms with E-state index in [0.29, 0.717) is 13.0 Å². The SMILES string of the molecule is COC(OC)OC(=O)CC1CCOC1. The first-order valence-electron chi connectivity index (χ1n) is 4.59. The molecule has 0 bridgehead atoms. The lowest BCUT2D eigenvalue weighted by atomic mass is 10.1. The standard InChI is InChI=1S/C9H16O5/c1-11-9(12-2)14-8(10)5-7-3-4-13-6-7/h7,9H,3-6H2,1-2H3. The van der Waals surface area contributed by atoms with Crippen LogP contribution in [0.15, 0.2) is 0 Å². The van der Waals surface area contributed by atoms with E-state index >= 15 is 0 Å². The van der Waals surface area contributed by atoms with Crippen molar-refractivity contribution in [1.82, 2.24) is 0 Å². The lowest BCUT2D eigenvalue weighted by Gasteiger charge is -2.14. The van der Waals surface area contributed by atoms with Gasteiger partial charge in [0.25, 0.3) is 0 Å². The smallest absolute Gasteiger partial charge is 0.317 e. The number of carbonyl (C=O) groups excluding carboxylic acids is 1. The molecule has 0 aromatic carbocycles. The summed E-state index contributed by atoms with van der Waals surface area (Å²) in [5.41, 5.74) is 0. The highest BCUT2D eigenvalue weighted by atomic mass is 16.8. The van der Waals surface area contributed by atoms with Crippen molar-refractivity contribution < 1.29 is 23.7 Å². The van der Waals surface area contributed by atoms with Crippen LogP contribution in [0.3, 0.4) is 0 Å². The van der Waals surface area contributed by atoms with Crippen molar-refractivity contribution in [2.75, 3.05) is 27.4 Å². The molecule has 1 saturated heterocycles. The summed E-state index contributed by atoms with van der Waals surface area (Å²) in [5.74, 6) is -0.0361. The van der Waals surface area contributed by atoms with Crippen LogP contribution in [0.4, 0.5) is 0 Å². The van der Waals surface area contributed by atoms with E-state index in [0.717, 1.165) is 13.0 Å². The van der Waals surface area contributed by atoms with Gasteiger partial charge in [-0.1, -0.05) is 0 Å². The Kier molecular flexibility index (Phi) is 4.86. The number of hydrogen-bond donors (Lipinski definition) is 0. The van der Waals surface area contributed by atoms with Gasteiger partial charge in [0.2, 0.25) is 0 Å². The van der Waals surface area contributed by atoms with E-state index in [4.69, 9.17) is 18.9 Å². The van der Waals surface area contributed by atoms with Crippen LogP contribution in [0, 0.1) is 5.92 Å². The maximum atomic E-state index is 11.3. The summed E-state index contributed by atoms with van der Waals surface area (Å²) in [5, 5.41) is 0. The molecule has 0 spiro atoms. The van der Waals surface area contributed by atoms with Crippen LogP contribution in [0.2, 0.25) is 0 Å². The lowest BCUT2D eigenvalue weighted by molar-refractivity contribution is -0.255. The van der Waals surface area contributed by atoms with Gasteiger partial charge in [0.15, 0.2) is 0 Å². The van der Waals surface area contributed by atoms with Gasteiger partial charge in [0.1, 0.15) is 0 Å². The summed E-state index contributed by atoms with van der Waals surface area (Å²) in [7, 11) is 2.83. The average Bonchev–Trinajstić information content (AvgIpc) is 2.66. The molecule has 1 aliphatic heterocycles. The van der Waals surface area contributed by atoms with Crippen LogP contribution in [-0.4, -0.2) is 39.9 Å². The fourth-order valence-electron chi connectivity index (χ4n) is 1.33. The molecule has 0 aromatic heterocycles. The summed E-state index contributed by atoms with van der Waals surface area (Å²) in [6.07, 6.45) is 1.28. The summed E-state index contributed by atoms with van der Waals surface area (Å²) >= 11 is 0. The maximum absolute atomic E-state index is 11.3. The van der Waals surface area contributed by atoms with E-state index in [9.17, 15) is 4.79 Å². The molecule has 0 amide bonds. The van der Waals surface area contributed by atoms with Crippen LogP contribution in [0.5, 0.6) is 0 Å². The van der Waals surface area contributed by atoms with Gasteiger partial charge in [-0.2, -0.15) is 0 Å². The fraction of sp³-hybridized carbons (Fsp3) is 0.889. The van der Waals surface area contributed by atoms with Gasteiger partial charge in [-0.15, -0.1) is 0 Å². The van der Waals surface area contributed by atoms with E-state index in [-0.39, 0.29) is 11.9 Å². The normalized spacial score (nSPS) is 21.5. The third kappa shape index (κ3) is 3.61. The van der Waals surface area contributed by atoms with Gasteiger partial charge in [0.05, 0.1) is 13.0 Å². The van der Waals surface area contributed by atoms with Crippen molar-refractivity contribution in [3.63, 3.8) is 0 Å². The first-order chi connectivity index (χ1) is 6.76. The quantitative estimate of drug-likeness (QED) is 0.483. The van der Waals surface area contributed by atoms with Crippen molar-refractivity contribution in [1.29, 1.82) is 0 Å². The van der Waals surface area contributed by atoms with Crippen LogP contribution in [0.1, 0.15) is 12.8 Å². The minimum absolute atomic E-state index is 0.275. The zero-order valence-corrected chi connectivity index (χ0v) is 8.52. The number of carbonyl (C=O) groups is 1. The molecule has 1 unspecified atom stereocenters. The Hall–Kier alpha value is -0.650. The lowest BCUT2D eigenvalue weighted by Crippen LogP contribution is -2.23. The van der Waals surface area contributed by atoms with Crippen LogP contribution in [-0.2, 0) is 23.7 Å². The minimum atomic E-state index is -0.898. The second-order valence-corrected chi connectivity index (χ2v) is 3.18. The Morgan fingerprint density at radius 2 is 2.21 bits per heavy atom. The second kappa shape index (κ2) is 5.95. The van der Waals surface area contributed by atoms with Crippen molar-refractivity contribution >= 4 is 5.97 Å². The molecule has 0 saturated carbocycles. The van der Waals surface area contributed by atoms with Crippen molar-refractivity contribution in [2.24, 2.45) is 5.92 Å². The Morgan fingerprint density at radius 3 is 2.71 bits per heavy atom. The van der Waals surface area contributed by atoms with E-state index in [2.05, 4.69) is 0 Å². The third-order valence-corrected chi connectivity index (χ3v) is 2.09. The topological polar surface area (TPSA) is 54.0 Å². The van der Waals surface area contributed by atoms with E-state index in [1.165, 1.54) is 14.2 Å². The Balaban J connectivity index is 2.20. The van der Waals surface area contributed by atoms with Gasteiger partial charge < -0.3 is 18.9 Å². The zero-order valence-electron chi connectivity index (χ0n) is 8.52.